The number of allylic oxidation sites excluding steroid dienone is 1. The van der Waals surface area contributed by atoms with E-state index in [1.54, 1.807) is 0 Å². The fraction of sp³-hybridized carbons (Fsp3) is 0.769. The van der Waals surface area contributed by atoms with E-state index in [0.717, 1.165) is 12.8 Å². The molecule has 2 nitrogen and oxygen atoms in total. The molecule has 0 bridgehead atoms. The van der Waals surface area contributed by atoms with Gasteiger partial charge in [-0.15, -0.1) is 0 Å². The lowest BCUT2D eigenvalue weighted by molar-refractivity contribution is -0.141. The molecule has 0 aromatic heterocycles. The quantitative estimate of drug-likeness (QED) is 0.381. The van der Waals surface area contributed by atoms with Crippen molar-refractivity contribution in [2.24, 2.45) is 5.92 Å². The maximum absolute atomic E-state index is 11.0. The minimum atomic E-state index is -0.0353. The van der Waals surface area contributed by atoms with Gasteiger partial charge >= 0.3 is 5.97 Å². The van der Waals surface area contributed by atoms with Gasteiger partial charge in [0.25, 0.3) is 0 Å². The molecule has 0 unspecified atom stereocenters. The molecule has 0 aromatic rings. The Morgan fingerprint density at radius 1 is 1.40 bits per heavy atom. The van der Waals surface area contributed by atoms with Crippen LogP contribution in [-0.4, -0.2) is 12.1 Å². The average molecular weight is 210 g/mol. The number of hydrogen-bond acceptors (Lipinski definition) is 2. The fourth-order valence-electron chi connectivity index (χ4n) is 1.87. The van der Waals surface area contributed by atoms with Crippen molar-refractivity contribution in [1.82, 2.24) is 0 Å². The number of ether oxygens (including phenoxy) is 1. The van der Waals surface area contributed by atoms with Crippen LogP contribution >= 0.6 is 0 Å². The molecule has 1 heterocycles. The van der Waals surface area contributed by atoms with Gasteiger partial charge in [-0.25, -0.2) is 0 Å². The van der Waals surface area contributed by atoms with Crippen LogP contribution in [0.4, 0.5) is 0 Å². The second kappa shape index (κ2) is 6.65. The summed E-state index contributed by atoms with van der Waals surface area (Å²) >= 11 is 0. The predicted octanol–water partition coefficient (Wildman–Crippen LogP) is 3.46. The number of hydrogen-bond donors (Lipinski definition) is 0. The van der Waals surface area contributed by atoms with Crippen molar-refractivity contribution in [2.45, 2.75) is 58.5 Å². The molecule has 2 atom stereocenters. The van der Waals surface area contributed by atoms with Gasteiger partial charge in [0.1, 0.15) is 6.10 Å². The van der Waals surface area contributed by atoms with Gasteiger partial charge in [-0.3, -0.25) is 4.79 Å². The summed E-state index contributed by atoms with van der Waals surface area (Å²) in [7, 11) is 0. The van der Waals surface area contributed by atoms with E-state index in [1.165, 1.54) is 19.3 Å². The molecule has 0 saturated carbocycles. The first-order chi connectivity index (χ1) is 7.24. The van der Waals surface area contributed by atoms with Crippen LogP contribution < -0.4 is 0 Å². The van der Waals surface area contributed by atoms with Crippen molar-refractivity contribution in [3.05, 3.63) is 12.2 Å². The van der Waals surface area contributed by atoms with E-state index in [0.29, 0.717) is 12.3 Å². The Morgan fingerprint density at radius 3 is 2.80 bits per heavy atom. The summed E-state index contributed by atoms with van der Waals surface area (Å²) in [5.74, 6) is 0.352. The van der Waals surface area contributed by atoms with Crippen LogP contribution in [0.5, 0.6) is 0 Å². The predicted molar refractivity (Wildman–Crippen MR) is 61.6 cm³/mol. The summed E-state index contributed by atoms with van der Waals surface area (Å²) < 4.78 is 5.21. The third-order valence-corrected chi connectivity index (χ3v) is 2.92. The standard InChI is InChI=1S/C13H22O2/c1-3-4-5-6-7-8-9-12-11(2)10-13(14)15-12/h7-8,11-12H,3-6,9-10H2,1-2H3/t11-,12+/m1/s1. The van der Waals surface area contributed by atoms with Gasteiger partial charge in [-0.2, -0.15) is 0 Å². The van der Waals surface area contributed by atoms with Crippen LogP contribution in [0.1, 0.15) is 52.4 Å². The number of rotatable bonds is 6. The molecule has 0 aliphatic carbocycles. The highest BCUT2D eigenvalue weighted by atomic mass is 16.5. The number of carbonyl (C=O) groups excluding carboxylic acids is 1. The van der Waals surface area contributed by atoms with E-state index >= 15 is 0 Å². The zero-order valence-corrected chi connectivity index (χ0v) is 9.87. The van der Waals surface area contributed by atoms with Crippen LogP contribution in [-0.2, 0) is 9.53 Å². The molecule has 1 aliphatic rings. The lowest BCUT2D eigenvalue weighted by atomic mass is 10.0. The van der Waals surface area contributed by atoms with Crippen LogP contribution in [0.25, 0.3) is 0 Å². The molecule has 86 valence electrons. The first-order valence-electron chi connectivity index (χ1n) is 6.08. The normalized spacial score (nSPS) is 26.1. The van der Waals surface area contributed by atoms with E-state index in [4.69, 9.17) is 4.74 Å². The lowest BCUT2D eigenvalue weighted by Crippen LogP contribution is -2.11. The minimum absolute atomic E-state index is 0.0353. The second-order valence-corrected chi connectivity index (χ2v) is 4.41. The first-order valence-corrected chi connectivity index (χ1v) is 6.08. The van der Waals surface area contributed by atoms with Gasteiger partial charge in [-0.1, -0.05) is 38.8 Å². The first kappa shape index (κ1) is 12.3. The van der Waals surface area contributed by atoms with Crippen molar-refractivity contribution < 1.29 is 9.53 Å². The Labute approximate surface area is 92.7 Å². The van der Waals surface area contributed by atoms with E-state index in [2.05, 4.69) is 26.0 Å². The summed E-state index contributed by atoms with van der Waals surface area (Å²) in [4.78, 5) is 11.0. The monoisotopic (exact) mass is 210 g/mol. The third kappa shape index (κ3) is 4.50. The van der Waals surface area contributed by atoms with Gasteiger partial charge in [0.05, 0.1) is 6.42 Å². The smallest absolute Gasteiger partial charge is 0.306 e. The van der Waals surface area contributed by atoms with Crippen LogP contribution in [0.2, 0.25) is 0 Å². The highest BCUT2D eigenvalue weighted by Crippen LogP contribution is 2.24. The molecule has 2 heteroatoms. The van der Waals surface area contributed by atoms with Crippen molar-refractivity contribution in [3.8, 4) is 0 Å². The molecule has 1 saturated heterocycles. The van der Waals surface area contributed by atoms with Gasteiger partial charge in [-0.05, 0) is 12.8 Å². The Balaban J connectivity index is 2.11. The Morgan fingerprint density at radius 2 is 2.20 bits per heavy atom. The van der Waals surface area contributed by atoms with E-state index in [1.807, 2.05) is 0 Å². The molecule has 0 spiro atoms. The topological polar surface area (TPSA) is 26.3 Å². The van der Waals surface area contributed by atoms with Crippen LogP contribution in [0.15, 0.2) is 12.2 Å². The number of esters is 1. The van der Waals surface area contributed by atoms with Crippen molar-refractivity contribution >= 4 is 5.97 Å². The number of unbranched alkanes of at least 4 members (excludes halogenated alkanes) is 3. The molecule has 1 fully saturated rings. The maximum atomic E-state index is 11.0. The van der Waals surface area contributed by atoms with E-state index in [-0.39, 0.29) is 12.1 Å². The van der Waals surface area contributed by atoms with Gasteiger partial charge in [0.15, 0.2) is 0 Å². The second-order valence-electron chi connectivity index (χ2n) is 4.41. The third-order valence-electron chi connectivity index (χ3n) is 2.92. The molecular formula is C13H22O2. The van der Waals surface area contributed by atoms with Crippen molar-refractivity contribution in [2.75, 3.05) is 0 Å². The van der Waals surface area contributed by atoms with Gasteiger partial charge in [0.2, 0.25) is 0 Å². The van der Waals surface area contributed by atoms with Gasteiger partial charge in [0, 0.05) is 12.3 Å². The summed E-state index contributed by atoms with van der Waals surface area (Å²) in [6, 6.07) is 0. The molecule has 1 aliphatic heterocycles. The molecule has 15 heavy (non-hydrogen) atoms. The zero-order valence-electron chi connectivity index (χ0n) is 9.87. The fourth-order valence-corrected chi connectivity index (χ4v) is 1.87. The summed E-state index contributed by atoms with van der Waals surface area (Å²) in [5, 5.41) is 0. The highest BCUT2D eigenvalue weighted by Gasteiger charge is 2.29. The summed E-state index contributed by atoms with van der Waals surface area (Å²) in [5.41, 5.74) is 0. The molecular weight excluding hydrogens is 188 g/mol. The maximum Gasteiger partial charge on any atom is 0.306 e. The van der Waals surface area contributed by atoms with Gasteiger partial charge < -0.3 is 4.74 Å². The van der Waals surface area contributed by atoms with E-state index in [9.17, 15) is 4.79 Å². The summed E-state index contributed by atoms with van der Waals surface area (Å²) in [6.45, 7) is 4.30. The Kier molecular flexibility index (Phi) is 5.44. The number of cyclic esters (lactones) is 1. The van der Waals surface area contributed by atoms with Crippen LogP contribution in [0, 0.1) is 5.92 Å². The lowest BCUT2D eigenvalue weighted by Gasteiger charge is -2.10. The molecule has 0 amide bonds. The Bertz CT molecular complexity index is 221. The summed E-state index contributed by atoms with van der Waals surface area (Å²) in [6.07, 6.45) is 11.0. The minimum Gasteiger partial charge on any atom is -0.462 e. The van der Waals surface area contributed by atoms with Crippen molar-refractivity contribution in [1.29, 1.82) is 0 Å². The SMILES string of the molecule is CCCCCC=CC[C@@H]1OC(=O)C[C@H]1C. The Hall–Kier alpha value is -0.790. The van der Waals surface area contributed by atoms with E-state index < -0.39 is 0 Å². The number of carbonyl (C=O) groups is 1. The average Bonchev–Trinajstić information content (AvgIpc) is 2.51. The molecule has 1 rings (SSSR count). The van der Waals surface area contributed by atoms with Crippen molar-refractivity contribution in [3.63, 3.8) is 0 Å². The highest BCUT2D eigenvalue weighted by molar-refractivity contribution is 5.72. The van der Waals surface area contributed by atoms with Crippen LogP contribution in [0.3, 0.4) is 0 Å². The molecule has 0 N–H and O–H groups in total. The largest absolute Gasteiger partial charge is 0.462 e. The molecule has 0 aromatic carbocycles. The molecule has 0 radical (unpaired) electrons. The zero-order chi connectivity index (χ0) is 11.1.